The number of benzene rings is 1. The van der Waals surface area contributed by atoms with Crippen LogP contribution in [0.3, 0.4) is 0 Å². The third-order valence-electron chi connectivity index (χ3n) is 7.85. The lowest BCUT2D eigenvalue weighted by Gasteiger charge is -2.28. The van der Waals surface area contributed by atoms with Gasteiger partial charge in [-0.15, -0.1) is 0 Å². The van der Waals surface area contributed by atoms with Crippen LogP contribution < -0.4 is 11.1 Å². The third-order valence-corrected chi connectivity index (χ3v) is 7.85. The Morgan fingerprint density at radius 2 is 2.03 bits per heavy atom. The molecule has 0 unspecified atom stereocenters. The number of hydrogen-bond acceptors (Lipinski definition) is 4. The minimum Gasteiger partial charge on any atom is -0.382 e. The van der Waals surface area contributed by atoms with Crippen molar-refractivity contribution < 1.29 is 4.79 Å². The van der Waals surface area contributed by atoms with Gasteiger partial charge >= 0.3 is 0 Å². The number of aromatic nitrogens is 5. The van der Waals surface area contributed by atoms with Gasteiger partial charge in [0.05, 0.1) is 22.2 Å². The van der Waals surface area contributed by atoms with Gasteiger partial charge in [0.1, 0.15) is 22.9 Å². The molecule has 1 fully saturated rings. The van der Waals surface area contributed by atoms with Gasteiger partial charge < -0.3 is 21.0 Å². The van der Waals surface area contributed by atoms with E-state index in [1.165, 1.54) is 0 Å². The van der Waals surface area contributed by atoms with Crippen LogP contribution in [0.15, 0.2) is 61.1 Å². The van der Waals surface area contributed by atoms with Crippen molar-refractivity contribution in [1.29, 1.82) is 0 Å². The molecule has 0 bridgehead atoms. The van der Waals surface area contributed by atoms with Crippen molar-refractivity contribution in [2.24, 2.45) is 5.92 Å². The number of nitrogens with one attached hydrogen (secondary N) is 3. The van der Waals surface area contributed by atoms with Gasteiger partial charge in [0.15, 0.2) is 0 Å². The lowest BCUT2D eigenvalue weighted by Crippen LogP contribution is -2.31. The Hall–Kier alpha value is -4.77. The van der Waals surface area contributed by atoms with Gasteiger partial charge in [0, 0.05) is 42.0 Å². The zero-order chi connectivity index (χ0) is 25.6. The Morgan fingerprint density at radius 1 is 1.16 bits per heavy atom. The molecule has 0 aliphatic heterocycles. The molecule has 5 N–H and O–H groups in total. The summed E-state index contributed by atoms with van der Waals surface area (Å²) in [5.41, 5.74) is 11.5. The summed E-state index contributed by atoms with van der Waals surface area (Å²) in [6.07, 6.45) is 9.54. The predicted molar refractivity (Wildman–Crippen MR) is 148 cm³/mol. The average molecular weight is 502 g/mol. The fourth-order valence-electron chi connectivity index (χ4n) is 5.86. The van der Waals surface area contributed by atoms with E-state index in [1.54, 1.807) is 12.4 Å². The van der Waals surface area contributed by atoms with Gasteiger partial charge in [-0.1, -0.05) is 30.3 Å². The van der Waals surface area contributed by atoms with Gasteiger partial charge in [-0.2, -0.15) is 0 Å². The average Bonchev–Trinajstić information content (AvgIpc) is 3.67. The van der Waals surface area contributed by atoms with Gasteiger partial charge in [-0.3, -0.25) is 9.20 Å². The maximum atomic E-state index is 12.9. The monoisotopic (exact) mass is 501 g/mol. The second-order valence-electron chi connectivity index (χ2n) is 10.1. The highest BCUT2D eigenvalue weighted by molar-refractivity contribution is 6.06. The standard InChI is InChI=1S/C30H27N7O/c31-28-27-26(25-15-20-5-1-3-7-23(20)35-25)36-29(37(27)14-13-32-28)19-11-9-18(10-12-19)16-34-30(38)22-17-33-24-8-4-2-6-21(22)24/h2-4,6-8,13-15,17-19,33,35H,9-12,16H2,(H2,31,32)(H,34,38). The normalized spacial score (nSPS) is 17.7. The Bertz CT molecular complexity index is 1750. The molecule has 0 atom stereocenters. The molecule has 1 aliphatic carbocycles. The first-order valence-electron chi connectivity index (χ1n) is 13.0. The molecule has 188 valence electrons. The number of nitrogens with zero attached hydrogens (tertiary/aromatic N) is 3. The maximum Gasteiger partial charge on any atom is 0.253 e. The second kappa shape index (κ2) is 8.96. The zero-order valence-corrected chi connectivity index (χ0v) is 20.8. The maximum absolute atomic E-state index is 12.9. The minimum atomic E-state index is -0.0235. The van der Waals surface area contributed by atoms with Crippen molar-refractivity contribution in [3.63, 3.8) is 0 Å². The second-order valence-corrected chi connectivity index (χ2v) is 10.1. The molecule has 38 heavy (non-hydrogen) atoms. The Morgan fingerprint density at radius 3 is 2.89 bits per heavy atom. The molecule has 8 heteroatoms. The number of anilines is 1. The number of carbonyl (C=O) groups is 1. The number of amides is 1. The number of imidazole rings is 1. The van der Waals surface area contributed by atoms with Crippen LogP contribution in [0.5, 0.6) is 0 Å². The number of para-hydroxylation sites is 1. The first-order chi connectivity index (χ1) is 18.7. The molecule has 0 saturated heterocycles. The van der Waals surface area contributed by atoms with Crippen molar-refractivity contribution in [2.45, 2.75) is 31.6 Å². The summed E-state index contributed by atoms with van der Waals surface area (Å²) in [6.45, 7) is 0.679. The summed E-state index contributed by atoms with van der Waals surface area (Å²) in [4.78, 5) is 29.0. The van der Waals surface area contributed by atoms with E-state index in [2.05, 4.69) is 36.8 Å². The van der Waals surface area contributed by atoms with Crippen LogP contribution in [0.2, 0.25) is 0 Å². The first kappa shape index (κ1) is 22.4. The molecule has 4 aromatic heterocycles. The summed E-state index contributed by atoms with van der Waals surface area (Å²) in [5, 5.41) is 5.08. The number of nitrogen functional groups attached to an aromatic ring is 1. The Balaban J connectivity index is 1.08. The van der Waals surface area contributed by atoms with Crippen LogP contribution >= 0.6 is 0 Å². The number of carbonyl (C=O) groups excluding carboxylic acids is 1. The Labute approximate surface area is 219 Å². The number of H-pyrrole nitrogens is 2. The molecule has 7 rings (SSSR count). The molecular formula is C30H27N7O. The van der Waals surface area contributed by atoms with Gasteiger partial charge in [-0.05, 0) is 55.9 Å². The van der Waals surface area contributed by atoms with Crippen LogP contribution in [-0.4, -0.2) is 36.8 Å². The van der Waals surface area contributed by atoms with Gasteiger partial charge in [0.2, 0.25) is 0 Å². The number of nitrogens with two attached hydrogens (primary N) is 1. The van der Waals surface area contributed by atoms with Crippen molar-refractivity contribution in [2.75, 3.05) is 12.3 Å². The first-order valence-corrected chi connectivity index (χ1v) is 13.0. The summed E-state index contributed by atoms with van der Waals surface area (Å²) >= 11 is 0. The number of rotatable bonds is 5. The van der Waals surface area contributed by atoms with Crippen molar-refractivity contribution in [3.05, 3.63) is 84.6 Å². The van der Waals surface area contributed by atoms with Crippen LogP contribution in [-0.2, 0) is 0 Å². The van der Waals surface area contributed by atoms with Crippen LogP contribution in [0, 0.1) is 18.1 Å². The SMILES string of the molecule is Nc1nccn2c(C3CCC(CNC(=O)c4c[nH]c5ccccc45)CC3)nc(-c3cc4c#cccc4[nH]3)c12. The molecule has 8 nitrogen and oxygen atoms in total. The summed E-state index contributed by atoms with van der Waals surface area (Å²) in [6, 6.07) is 19.9. The summed E-state index contributed by atoms with van der Waals surface area (Å²) in [7, 11) is 0. The van der Waals surface area contributed by atoms with E-state index in [0.717, 1.165) is 70.2 Å². The van der Waals surface area contributed by atoms with E-state index < -0.39 is 0 Å². The van der Waals surface area contributed by atoms with E-state index in [9.17, 15) is 4.79 Å². The number of fused-ring (bicyclic) bond motifs is 3. The zero-order valence-electron chi connectivity index (χ0n) is 20.8. The van der Waals surface area contributed by atoms with E-state index >= 15 is 0 Å². The molecule has 0 radical (unpaired) electrons. The van der Waals surface area contributed by atoms with Crippen LogP contribution in [0.25, 0.3) is 38.7 Å². The summed E-state index contributed by atoms with van der Waals surface area (Å²) < 4.78 is 2.10. The van der Waals surface area contributed by atoms with E-state index in [0.29, 0.717) is 29.8 Å². The van der Waals surface area contributed by atoms with Crippen molar-refractivity contribution in [3.8, 4) is 11.4 Å². The lowest BCUT2D eigenvalue weighted by atomic mass is 9.81. The van der Waals surface area contributed by atoms with Gasteiger partial charge in [-0.25, -0.2) is 9.97 Å². The predicted octanol–water partition coefficient (Wildman–Crippen LogP) is 5.25. The van der Waals surface area contributed by atoms with E-state index in [1.807, 2.05) is 48.7 Å². The van der Waals surface area contributed by atoms with E-state index in [4.69, 9.17) is 10.7 Å². The molecule has 1 amide bonds. The number of aromatic amines is 2. The number of hydrogen-bond donors (Lipinski definition) is 4. The van der Waals surface area contributed by atoms with Crippen LogP contribution in [0.1, 0.15) is 47.8 Å². The molecular weight excluding hydrogens is 474 g/mol. The molecule has 2 aromatic carbocycles. The third kappa shape index (κ3) is 3.75. The molecule has 6 aromatic rings. The van der Waals surface area contributed by atoms with Crippen molar-refractivity contribution >= 4 is 39.0 Å². The van der Waals surface area contributed by atoms with E-state index in [-0.39, 0.29) is 5.91 Å². The lowest BCUT2D eigenvalue weighted by molar-refractivity contribution is 0.0944. The molecule has 0 spiro atoms. The highest BCUT2D eigenvalue weighted by atomic mass is 16.1. The fourth-order valence-corrected chi connectivity index (χ4v) is 5.86. The largest absolute Gasteiger partial charge is 0.382 e. The van der Waals surface area contributed by atoms with Crippen LogP contribution in [0.4, 0.5) is 5.82 Å². The van der Waals surface area contributed by atoms with Gasteiger partial charge in [0.25, 0.3) is 5.91 Å². The topological polar surface area (TPSA) is 117 Å². The fraction of sp³-hybridized carbons (Fsp3) is 0.233. The van der Waals surface area contributed by atoms with Crippen molar-refractivity contribution in [1.82, 2.24) is 29.7 Å². The smallest absolute Gasteiger partial charge is 0.253 e. The highest BCUT2D eigenvalue weighted by Crippen LogP contribution is 2.38. The minimum absolute atomic E-state index is 0.0235. The molecule has 1 aliphatic rings. The quantitative estimate of drug-likeness (QED) is 0.258. The molecule has 1 saturated carbocycles. The highest BCUT2D eigenvalue weighted by Gasteiger charge is 2.28. The Kier molecular flexibility index (Phi) is 5.29. The molecule has 4 heterocycles. The summed E-state index contributed by atoms with van der Waals surface area (Å²) in [5.74, 6) is 2.20.